The highest BCUT2D eigenvalue weighted by atomic mass is 35.5. The standard InChI is InChI=1S/C15H20ClN3O/c1-9-7-12(8-10(2)14(9)16)20-15-13(5-6-17)11(3)18-19(15)4/h7-8H,5-6,17H2,1-4H3. The van der Waals surface area contributed by atoms with Gasteiger partial charge in [0.25, 0.3) is 0 Å². The van der Waals surface area contributed by atoms with Gasteiger partial charge in [0.1, 0.15) is 5.75 Å². The van der Waals surface area contributed by atoms with Crippen molar-refractivity contribution in [2.24, 2.45) is 12.8 Å². The van der Waals surface area contributed by atoms with E-state index in [4.69, 9.17) is 22.1 Å². The molecule has 0 saturated heterocycles. The van der Waals surface area contributed by atoms with Gasteiger partial charge in [-0.3, -0.25) is 0 Å². The van der Waals surface area contributed by atoms with Gasteiger partial charge >= 0.3 is 0 Å². The lowest BCUT2D eigenvalue weighted by Gasteiger charge is -2.11. The number of aromatic nitrogens is 2. The van der Waals surface area contributed by atoms with Crippen molar-refractivity contribution < 1.29 is 4.74 Å². The number of hydrogen-bond donors (Lipinski definition) is 1. The number of ether oxygens (including phenoxy) is 1. The third kappa shape index (κ3) is 2.81. The summed E-state index contributed by atoms with van der Waals surface area (Å²) in [7, 11) is 1.87. The number of rotatable bonds is 4. The normalized spacial score (nSPS) is 10.9. The van der Waals surface area contributed by atoms with E-state index in [1.807, 2.05) is 40.0 Å². The zero-order chi connectivity index (χ0) is 14.9. The molecule has 4 nitrogen and oxygen atoms in total. The molecule has 1 aromatic heterocycles. The van der Waals surface area contributed by atoms with E-state index < -0.39 is 0 Å². The fourth-order valence-electron chi connectivity index (χ4n) is 2.32. The molecule has 0 aliphatic carbocycles. The predicted molar refractivity (Wildman–Crippen MR) is 81.7 cm³/mol. The fourth-order valence-corrected chi connectivity index (χ4v) is 2.43. The Labute approximate surface area is 124 Å². The summed E-state index contributed by atoms with van der Waals surface area (Å²) in [6.07, 6.45) is 0.751. The molecular weight excluding hydrogens is 274 g/mol. The van der Waals surface area contributed by atoms with Crippen LogP contribution in [0.5, 0.6) is 11.6 Å². The van der Waals surface area contributed by atoms with Gasteiger partial charge in [-0.25, -0.2) is 4.68 Å². The van der Waals surface area contributed by atoms with Crippen LogP contribution in [0.3, 0.4) is 0 Å². The maximum atomic E-state index is 6.18. The van der Waals surface area contributed by atoms with Crippen LogP contribution in [0.2, 0.25) is 5.02 Å². The number of hydrogen-bond acceptors (Lipinski definition) is 3. The summed E-state index contributed by atoms with van der Waals surface area (Å²) < 4.78 is 7.77. The summed E-state index contributed by atoms with van der Waals surface area (Å²) in [6, 6.07) is 3.87. The third-order valence-corrected chi connectivity index (χ3v) is 3.90. The van der Waals surface area contributed by atoms with Crippen LogP contribution in [0, 0.1) is 20.8 Å². The van der Waals surface area contributed by atoms with Gasteiger partial charge in [-0.1, -0.05) is 11.6 Å². The largest absolute Gasteiger partial charge is 0.439 e. The van der Waals surface area contributed by atoms with Crippen LogP contribution >= 0.6 is 11.6 Å². The van der Waals surface area contributed by atoms with Crippen molar-refractivity contribution in [2.75, 3.05) is 6.54 Å². The molecule has 0 saturated carbocycles. The van der Waals surface area contributed by atoms with Gasteiger partial charge in [-0.15, -0.1) is 0 Å². The van der Waals surface area contributed by atoms with Gasteiger partial charge in [0, 0.05) is 17.6 Å². The lowest BCUT2D eigenvalue weighted by Crippen LogP contribution is -2.05. The molecular formula is C15H20ClN3O. The second-order valence-electron chi connectivity index (χ2n) is 5.00. The molecule has 0 fully saturated rings. The van der Waals surface area contributed by atoms with Crippen molar-refractivity contribution in [1.29, 1.82) is 0 Å². The highest BCUT2D eigenvalue weighted by Crippen LogP contribution is 2.31. The number of nitrogens with two attached hydrogens (primary N) is 1. The molecule has 5 heteroatoms. The third-order valence-electron chi connectivity index (χ3n) is 3.31. The first-order valence-corrected chi connectivity index (χ1v) is 6.99. The van der Waals surface area contributed by atoms with Crippen LogP contribution in [0.25, 0.3) is 0 Å². The molecule has 0 bridgehead atoms. The summed E-state index contributed by atoms with van der Waals surface area (Å²) >= 11 is 6.18. The Morgan fingerprint density at radius 1 is 1.25 bits per heavy atom. The minimum atomic E-state index is 0.571. The van der Waals surface area contributed by atoms with Crippen LogP contribution in [-0.2, 0) is 13.5 Å². The first-order valence-electron chi connectivity index (χ1n) is 6.61. The molecule has 2 aromatic rings. The van der Waals surface area contributed by atoms with Crippen molar-refractivity contribution in [3.05, 3.63) is 39.5 Å². The Hall–Kier alpha value is -1.52. The lowest BCUT2D eigenvalue weighted by molar-refractivity contribution is 0.425. The van der Waals surface area contributed by atoms with Crippen molar-refractivity contribution in [3.63, 3.8) is 0 Å². The molecule has 0 aliphatic heterocycles. The average molecular weight is 294 g/mol. The van der Waals surface area contributed by atoms with Crippen LogP contribution in [-0.4, -0.2) is 16.3 Å². The van der Waals surface area contributed by atoms with E-state index in [-0.39, 0.29) is 0 Å². The van der Waals surface area contributed by atoms with Gasteiger partial charge in [0.15, 0.2) is 0 Å². The first kappa shape index (κ1) is 14.9. The monoisotopic (exact) mass is 293 g/mol. The van der Waals surface area contributed by atoms with Crippen molar-refractivity contribution in [2.45, 2.75) is 27.2 Å². The van der Waals surface area contributed by atoms with Gasteiger partial charge in [-0.2, -0.15) is 5.10 Å². The molecule has 0 amide bonds. The topological polar surface area (TPSA) is 53.1 Å². The molecule has 2 rings (SSSR count). The summed E-state index contributed by atoms with van der Waals surface area (Å²) in [5.74, 6) is 1.51. The van der Waals surface area contributed by atoms with E-state index in [2.05, 4.69) is 5.10 Å². The smallest absolute Gasteiger partial charge is 0.221 e. The SMILES string of the molecule is Cc1cc(Oc2c(CCN)c(C)nn2C)cc(C)c1Cl. The maximum absolute atomic E-state index is 6.18. The Kier molecular flexibility index (Phi) is 4.35. The van der Waals surface area contributed by atoms with E-state index >= 15 is 0 Å². The minimum absolute atomic E-state index is 0.571. The van der Waals surface area contributed by atoms with Crippen LogP contribution in [0.1, 0.15) is 22.4 Å². The highest BCUT2D eigenvalue weighted by molar-refractivity contribution is 6.32. The van der Waals surface area contributed by atoms with Gasteiger partial charge in [-0.05, 0) is 57.0 Å². The van der Waals surface area contributed by atoms with E-state index in [0.29, 0.717) is 6.54 Å². The van der Waals surface area contributed by atoms with E-state index in [9.17, 15) is 0 Å². The average Bonchev–Trinajstić information content (AvgIpc) is 2.63. The Bertz CT molecular complexity index is 611. The molecule has 1 aromatic carbocycles. The second-order valence-corrected chi connectivity index (χ2v) is 5.38. The Morgan fingerprint density at radius 3 is 2.40 bits per heavy atom. The van der Waals surface area contributed by atoms with Crippen molar-refractivity contribution in [1.82, 2.24) is 9.78 Å². The molecule has 0 aliphatic rings. The summed E-state index contributed by atoms with van der Waals surface area (Å²) in [4.78, 5) is 0. The van der Waals surface area contributed by atoms with Gasteiger partial charge in [0.2, 0.25) is 5.88 Å². The number of nitrogens with zero attached hydrogens (tertiary/aromatic N) is 2. The molecule has 0 atom stereocenters. The zero-order valence-electron chi connectivity index (χ0n) is 12.3. The van der Waals surface area contributed by atoms with E-state index in [1.165, 1.54) is 0 Å². The van der Waals surface area contributed by atoms with Crippen molar-refractivity contribution >= 4 is 11.6 Å². The molecule has 0 radical (unpaired) electrons. The van der Waals surface area contributed by atoms with Crippen LogP contribution in [0.15, 0.2) is 12.1 Å². The quantitative estimate of drug-likeness (QED) is 0.941. The Balaban J connectivity index is 2.39. The van der Waals surface area contributed by atoms with Gasteiger partial charge in [0.05, 0.1) is 5.69 Å². The molecule has 0 unspecified atom stereocenters. The number of benzene rings is 1. The molecule has 20 heavy (non-hydrogen) atoms. The van der Waals surface area contributed by atoms with E-state index in [0.717, 1.165) is 45.5 Å². The van der Waals surface area contributed by atoms with E-state index in [1.54, 1.807) is 4.68 Å². The lowest BCUT2D eigenvalue weighted by atomic mass is 10.1. The molecule has 1 heterocycles. The predicted octanol–water partition coefficient (Wildman–Crippen LogP) is 3.29. The summed E-state index contributed by atoms with van der Waals surface area (Å²) in [5.41, 5.74) is 9.67. The Morgan fingerprint density at radius 2 is 1.85 bits per heavy atom. The molecule has 0 spiro atoms. The highest BCUT2D eigenvalue weighted by Gasteiger charge is 2.15. The number of aryl methyl sites for hydroxylation is 4. The summed E-state index contributed by atoms with van der Waals surface area (Å²) in [6.45, 7) is 6.48. The molecule has 108 valence electrons. The van der Waals surface area contributed by atoms with Crippen LogP contribution in [0.4, 0.5) is 0 Å². The zero-order valence-corrected chi connectivity index (χ0v) is 13.1. The second kappa shape index (κ2) is 5.85. The maximum Gasteiger partial charge on any atom is 0.221 e. The minimum Gasteiger partial charge on any atom is -0.439 e. The number of halogens is 1. The fraction of sp³-hybridized carbons (Fsp3) is 0.400. The van der Waals surface area contributed by atoms with Crippen LogP contribution < -0.4 is 10.5 Å². The van der Waals surface area contributed by atoms with Crippen molar-refractivity contribution in [3.8, 4) is 11.6 Å². The first-order chi connectivity index (χ1) is 9.43. The molecule has 2 N–H and O–H groups in total. The summed E-state index contributed by atoms with van der Waals surface area (Å²) in [5, 5.41) is 5.18. The van der Waals surface area contributed by atoms with Gasteiger partial charge < -0.3 is 10.5 Å².